The molecular weight excluding hydrogens is 351 g/mol. The Morgan fingerprint density at radius 1 is 1.29 bits per heavy atom. The summed E-state index contributed by atoms with van der Waals surface area (Å²) < 4.78 is 0. The molecule has 6 nitrogen and oxygen atoms in total. The van der Waals surface area contributed by atoms with Crippen LogP contribution in [0.2, 0.25) is 10.0 Å². The second-order valence-corrected chi connectivity index (χ2v) is 6.20. The number of rotatable bonds is 2. The summed E-state index contributed by atoms with van der Waals surface area (Å²) in [5.74, 6) is -1.22. The predicted molar refractivity (Wildman–Crippen MR) is 93.3 cm³/mol. The van der Waals surface area contributed by atoms with Crippen molar-refractivity contribution in [1.82, 2.24) is 10.4 Å². The van der Waals surface area contributed by atoms with E-state index in [1.54, 1.807) is 0 Å². The van der Waals surface area contributed by atoms with Crippen molar-refractivity contribution in [2.24, 2.45) is 0 Å². The third kappa shape index (κ3) is 3.16. The van der Waals surface area contributed by atoms with Crippen LogP contribution in [0.25, 0.3) is 0 Å². The zero-order valence-corrected chi connectivity index (χ0v) is 14.3. The quantitative estimate of drug-likeness (QED) is 0.634. The van der Waals surface area contributed by atoms with Crippen molar-refractivity contribution in [1.29, 1.82) is 0 Å². The molecule has 2 N–H and O–H groups in total. The Morgan fingerprint density at radius 3 is 2.83 bits per heavy atom. The van der Waals surface area contributed by atoms with Crippen LogP contribution < -0.4 is 15.8 Å². The van der Waals surface area contributed by atoms with Crippen LogP contribution in [0.3, 0.4) is 0 Å². The maximum atomic E-state index is 12.4. The number of benzene rings is 1. The monoisotopic (exact) mass is 364 g/mol. The lowest BCUT2D eigenvalue weighted by Gasteiger charge is -2.19. The Bertz CT molecular complexity index is 826. The number of hydrogen-bond acceptors (Lipinski definition) is 4. The van der Waals surface area contributed by atoms with Gasteiger partial charge in [-0.3, -0.25) is 20.4 Å². The number of aromatic nitrogens is 1. The molecule has 2 aromatic rings. The number of fused-ring (bicyclic) bond motifs is 1. The van der Waals surface area contributed by atoms with E-state index in [9.17, 15) is 9.59 Å². The van der Waals surface area contributed by atoms with Crippen LogP contribution in [0, 0.1) is 6.92 Å². The van der Waals surface area contributed by atoms with Crippen LogP contribution in [0.1, 0.15) is 11.1 Å². The molecule has 1 aromatic carbocycles. The highest BCUT2D eigenvalue weighted by Gasteiger charge is 2.30. The first-order chi connectivity index (χ1) is 11.5. The standard InChI is InChI=1S/C16H14Cl2N4O2/c1-9-3-2-4-10-5-6-22(13(9)10)16(24)15(23)21-20-14-12(18)7-11(17)8-19-14/h2-4,7-8H,5-6H2,1H3,(H,19,20)(H,21,23). The molecule has 0 aliphatic carbocycles. The number of nitrogens with zero attached hydrogens (tertiary/aromatic N) is 2. The Labute approximate surface area is 148 Å². The lowest BCUT2D eigenvalue weighted by Crippen LogP contribution is -2.44. The smallest absolute Gasteiger partial charge is 0.303 e. The second kappa shape index (κ2) is 6.67. The summed E-state index contributed by atoms with van der Waals surface area (Å²) in [5.41, 5.74) is 7.68. The predicted octanol–water partition coefficient (Wildman–Crippen LogP) is 2.73. The minimum absolute atomic E-state index is 0.209. The van der Waals surface area contributed by atoms with Gasteiger partial charge in [-0.05, 0) is 30.5 Å². The Balaban J connectivity index is 1.70. The first-order valence-electron chi connectivity index (χ1n) is 7.25. The molecule has 1 aromatic heterocycles. The summed E-state index contributed by atoms with van der Waals surface area (Å²) in [7, 11) is 0. The SMILES string of the molecule is Cc1cccc2c1N(C(=O)C(=O)NNc1ncc(Cl)cc1Cl)CC2. The molecule has 2 amide bonds. The Hall–Kier alpha value is -2.31. The highest BCUT2D eigenvalue weighted by molar-refractivity contribution is 6.41. The van der Waals surface area contributed by atoms with Gasteiger partial charge < -0.3 is 4.90 Å². The van der Waals surface area contributed by atoms with Crippen LogP contribution >= 0.6 is 23.2 Å². The van der Waals surface area contributed by atoms with E-state index in [-0.39, 0.29) is 10.8 Å². The number of halogens is 2. The summed E-state index contributed by atoms with van der Waals surface area (Å²) in [4.78, 5) is 30.0. The summed E-state index contributed by atoms with van der Waals surface area (Å²) >= 11 is 11.7. The van der Waals surface area contributed by atoms with E-state index in [0.29, 0.717) is 11.6 Å². The van der Waals surface area contributed by atoms with Gasteiger partial charge in [0.25, 0.3) is 0 Å². The van der Waals surface area contributed by atoms with E-state index in [4.69, 9.17) is 23.2 Å². The number of hydrogen-bond donors (Lipinski definition) is 2. The minimum Gasteiger partial charge on any atom is -0.303 e. The number of anilines is 2. The third-order valence-electron chi connectivity index (χ3n) is 3.74. The molecule has 0 fully saturated rings. The zero-order chi connectivity index (χ0) is 17.3. The number of para-hydroxylation sites is 1. The van der Waals surface area contributed by atoms with Gasteiger partial charge in [-0.2, -0.15) is 0 Å². The van der Waals surface area contributed by atoms with Gasteiger partial charge in [-0.25, -0.2) is 4.98 Å². The van der Waals surface area contributed by atoms with Gasteiger partial charge in [0, 0.05) is 12.7 Å². The van der Waals surface area contributed by atoms with Gasteiger partial charge in [0.2, 0.25) is 0 Å². The Morgan fingerprint density at radius 2 is 2.08 bits per heavy atom. The maximum Gasteiger partial charge on any atom is 0.328 e. The first-order valence-corrected chi connectivity index (χ1v) is 8.00. The van der Waals surface area contributed by atoms with Crippen LogP contribution in [0.15, 0.2) is 30.5 Å². The number of amides is 2. The van der Waals surface area contributed by atoms with Gasteiger partial charge in [-0.15, -0.1) is 0 Å². The van der Waals surface area contributed by atoms with Gasteiger partial charge in [-0.1, -0.05) is 41.4 Å². The normalized spacial score (nSPS) is 12.7. The molecule has 1 aliphatic heterocycles. The van der Waals surface area contributed by atoms with Gasteiger partial charge in [0.1, 0.15) is 0 Å². The maximum absolute atomic E-state index is 12.4. The molecule has 0 radical (unpaired) electrons. The van der Waals surface area contributed by atoms with Crippen LogP contribution in [0.5, 0.6) is 0 Å². The molecule has 0 spiro atoms. The molecule has 3 rings (SSSR count). The average molecular weight is 365 g/mol. The lowest BCUT2D eigenvalue weighted by atomic mass is 10.1. The van der Waals surface area contributed by atoms with Crippen LogP contribution in [-0.4, -0.2) is 23.3 Å². The molecule has 124 valence electrons. The number of pyridine rings is 1. The molecule has 0 bridgehead atoms. The van der Waals surface area contributed by atoms with Crippen LogP contribution in [-0.2, 0) is 16.0 Å². The summed E-state index contributed by atoms with van der Waals surface area (Å²) in [6.45, 7) is 2.39. The van der Waals surface area contributed by atoms with E-state index in [1.807, 2.05) is 25.1 Å². The fraction of sp³-hybridized carbons (Fsp3) is 0.188. The number of carbonyl (C=O) groups is 2. The minimum atomic E-state index is -0.793. The molecule has 0 unspecified atom stereocenters. The molecule has 24 heavy (non-hydrogen) atoms. The van der Waals surface area contributed by atoms with Crippen LogP contribution in [0.4, 0.5) is 11.5 Å². The summed E-state index contributed by atoms with van der Waals surface area (Å²) in [6, 6.07) is 7.30. The summed E-state index contributed by atoms with van der Waals surface area (Å²) in [6.07, 6.45) is 2.11. The van der Waals surface area contributed by atoms with Gasteiger partial charge >= 0.3 is 11.8 Å². The van der Waals surface area contributed by atoms with Crippen molar-refractivity contribution < 1.29 is 9.59 Å². The molecule has 8 heteroatoms. The van der Waals surface area contributed by atoms with Crippen molar-refractivity contribution in [2.45, 2.75) is 13.3 Å². The fourth-order valence-corrected chi connectivity index (χ4v) is 3.08. The zero-order valence-electron chi connectivity index (χ0n) is 12.8. The lowest BCUT2D eigenvalue weighted by molar-refractivity contribution is -0.137. The fourth-order valence-electron chi connectivity index (χ4n) is 2.65. The third-order valence-corrected chi connectivity index (χ3v) is 4.23. The van der Waals surface area contributed by atoms with E-state index in [1.165, 1.54) is 17.2 Å². The number of nitrogens with one attached hydrogen (secondary N) is 2. The molecule has 0 atom stereocenters. The topological polar surface area (TPSA) is 74.3 Å². The highest BCUT2D eigenvalue weighted by Crippen LogP contribution is 2.31. The average Bonchev–Trinajstić information content (AvgIpc) is 2.98. The number of aryl methyl sites for hydroxylation is 1. The van der Waals surface area contributed by atoms with Crippen molar-refractivity contribution in [3.63, 3.8) is 0 Å². The Kier molecular flexibility index (Phi) is 4.59. The van der Waals surface area contributed by atoms with Crippen molar-refractivity contribution in [3.05, 3.63) is 51.6 Å². The van der Waals surface area contributed by atoms with E-state index < -0.39 is 11.8 Å². The van der Waals surface area contributed by atoms with E-state index in [2.05, 4.69) is 15.8 Å². The molecule has 1 aliphatic rings. The van der Waals surface area contributed by atoms with Crippen molar-refractivity contribution in [2.75, 3.05) is 16.9 Å². The number of carbonyl (C=O) groups excluding carboxylic acids is 2. The highest BCUT2D eigenvalue weighted by atomic mass is 35.5. The van der Waals surface area contributed by atoms with Crippen molar-refractivity contribution in [3.8, 4) is 0 Å². The molecule has 0 saturated heterocycles. The molecular formula is C16H14Cl2N4O2. The molecule has 0 saturated carbocycles. The van der Waals surface area contributed by atoms with Crippen molar-refractivity contribution >= 4 is 46.5 Å². The van der Waals surface area contributed by atoms with Gasteiger partial charge in [0.05, 0.1) is 15.7 Å². The molecule has 2 heterocycles. The van der Waals surface area contributed by atoms with E-state index >= 15 is 0 Å². The summed E-state index contributed by atoms with van der Waals surface area (Å²) in [5, 5.41) is 0.606. The number of hydrazine groups is 1. The van der Waals surface area contributed by atoms with Gasteiger partial charge in [0.15, 0.2) is 5.82 Å². The largest absolute Gasteiger partial charge is 0.328 e. The van der Waals surface area contributed by atoms with E-state index in [0.717, 1.165) is 23.2 Å². The first kappa shape index (κ1) is 16.5. The second-order valence-electron chi connectivity index (χ2n) is 5.35.